The van der Waals surface area contributed by atoms with Gasteiger partial charge in [0.1, 0.15) is 5.69 Å². The Labute approximate surface area is 116 Å². The normalized spacial score (nSPS) is 12.5. The number of hydrogen-bond donors (Lipinski definition) is 1. The number of aromatic nitrogens is 2. The number of amidine groups is 1. The number of carbonyl (C=O) groups is 1. The van der Waals surface area contributed by atoms with Crippen molar-refractivity contribution in [1.29, 1.82) is 0 Å². The lowest BCUT2D eigenvalue weighted by Gasteiger charge is -2.13. The van der Waals surface area contributed by atoms with Crippen LogP contribution < -0.4 is 14.9 Å². The molecule has 1 N–H and O–H groups in total. The van der Waals surface area contributed by atoms with E-state index in [1.807, 2.05) is 14.1 Å². The fourth-order valence-corrected chi connectivity index (χ4v) is 1.53. The van der Waals surface area contributed by atoms with Crippen LogP contribution in [0.4, 0.5) is 11.6 Å². The van der Waals surface area contributed by atoms with E-state index in [0.29, 0.717) is 17.2 Å². The van der Waals surface area contributed by atoms with Crippen LogP contribution in [0.3, 0.4) is 0 Å². The molecule has 0 bridgehead atoms. The summed E-state index contributed by atoms with van der Waals surface area (Å²) in [6, 6.07) is 0. The molecule has 2 heterocycles. The average molecular weight is 269 g/mol. The molecule has 1 aromatic heterocycles. The number of aliphatic imine (C=N–C) groups is 1. The van der Waals surface area contributed by atoms with Crippen molar-refractivity contribution in [3.8, 4) is 12.3 Å². The Morgan fingerprint density at radius 3 is 2.80 bits per heavy atom. The highest BCUT2D eigenvalue weighted by atomic mass is 16.2. The molecule has 0 saturated heterocycles. The van der Waals surface area contributed by atoms with Gasteiger partial charge in [0, 0.05) is 14.1 Å². The Bertz CT molecular complexity index is 704. The molecule has 1 aliphatic heterocycles. The Balaban J connectivity index is 2.19. The summed E-state index contributed by atoms with van der Waals surface area (Å²) < 4.78 is 3.90. The molecular weight excluding hydrogens is 256 g/mol. The maximum Gasteiger partial charge on any atom is 0.387 e. The number of carbonyl (C=O) groups excluding carboxylic acids is 1. The van der Waals surface area contributed by atoms with Crippen molar-refractivity contribution in [2.45, 2.75) is 6.92 Å². The molecule has 7 nitrogen and oxygen atoms in total. The largest absolute Gasteiger partial charge is 0.387 e. The van der Waals surface area contributed by atoms with Crippen LogP contribution in [0.2, 0.25) is 0 Å². The monoisotopic (exact) mass is 269 g/mol. The van der Waals surface area contributed by atoms with E-state index < -0.39 is 5.91 Å². The van der Waals surface area contributed by atoms with Crippen molar-refractivity contribution in [1.82, 2.24) is 14.6 Å². The van der Waals surface area contributed by atoms with E-state index in [0.717, 1.165) is 0 Å². The Hall–Kier alpha value is -2.97. The summed E-state index contributed by atoms with van der Waals surface area (Å²) in [5.41, 5.74) is 1.32. The lowest BCUT2D eigenvalue weighted by atomic mass is 10.3. The second-order valence-corrected chi connectivity index (χ2v) is 4.22. The molecule has 0 spiro atoms. The average Bonchev–Trinajstić information content (AvgIpc) is 2.85. The van der Waals surface area contributed by atoms with Crippen LogP contribution in [-0.4, -0.2) is 47.7 Å². The summed E-state index contributed by atoms with van der Waals surface area (Å²) in [5, 5.41) is 2.53. The first-order chi connectivity index (χ1) is 9.51. The van der Waals surface area contributed by atoms with Crippen LogP contribution in [0.5, 0.6) is 0 Å². The summed E-state index contributed by atoms with van der Waals surface area (Å²) in [6.07, 6.45) is 8.35. The number of nitrogens with zero attached hydrogens (tertiary/aromatic N) is 5. The van der Waals surface area contributed by atoms with Gasteiger partial charge in [0.2, 0.25) is 12.2 Å². The van der Waals surface area contributed by atoms with Crippen LogP contribution in [-0.2, 0) is 4.79 Å². The van der Waals surface area contributed by atoms with E-state index in [1.165, 1.54) is 6.21 Å². The van der Waals surface area contributed by atoms with Gasteiger partial charge < -0.3 is 4.90 Å². The van der Waals surface area contributed by atoms with E-state index >= 15 is 0 Å². The predicted molar refractivity (Wildman–Crippen MR) is 79.2 cm³/mol. The minimum absolute atomic E-state index is 0.134. The number of rotatable bonds is 3. The van der Waals surface area contributed by atoms with Gasteiger partial charge in [-0.3, -0.25) is 10.1 Å². The third kappa shape index (κ3) is 2.71. The van der Waals surface area contributed by atoms with E-state index in [9.17, 15) is 4.79 Å². The number of nitrogens with one attached hydrogen (secondary N) is 1. The van der Waals surface area contributed by atoms with Crippen molar-refractivity contribution in [2.75, 3.05) is 24.3 Å². The van der Waals surface area contributed by atoms with Crippen LogP contribution in [0.1, 0.15) is 12.6 Å². The molecule has 0 fully saturated rings. The first-order valence-corrected chi connectivity index (χ1v) is 5.80. The van der Waals surface area contributed by atoms with E-state index in [-0.39, 0.29) is 11.7 Å². The van der Waals surface area contributed by atoms with Gasteiger partial charge in [0.15, 0.2) is 0 Å². The first-order valence-electron chi connectivity index (χ1n) is 5.80. The number of terminal acetylenes is 1. The summed E-state index contributed by atoms with van der Waals surface area (Å²) in [6.45, 7) is 1.70. The lowest BCUT2D eigenvalue weighted by Crippen LogP contribution is -2.25. The Morgan fingerprint density at radius 1 is 1.50 bits per heavy atom. The van der Waals surface area contributed by atoms with Crippen LogP contribution in [0.25, 0.3) is 0 Å². The lowest BCUT2D eigenvalue weighted by molar-refractivity contribution is -0.110. The third-order valence-corrected chi connectivity index (χ3v) is 2.50. The van der Waals surface area contributed by atoms with Crippen LogP contribution in [0.15, 0.2) is 11.2 Å². The van der Waals surface area contributed by atoms with Crippen LogP contribution in [0, 0.1) is 12.3 Å². The summed E-state index contributed by atoms with van der Waals surface area (Å²) >= 11 is 0. The molecule has 0 aliphatic carbocycles. The fourth-order valence-electron chi connectivity index (χ4n) is 1.53. The molecule has 0 radical (unpaired) electrons. The zero-order valence-corrected chi connectivity index (χ0v) is 11.4. The van der Waals surface area contributed by atoms with Crippen molar-refractivity contribution in [2.24, 2.45) is 4.99 Å². The molecule has 2 rings (SSSR count). The quantitative estimate of drug-likeness (QED) is 0.590. The highest BCUT2D eigenvalue weighted by molar-refractivity contribution is 6.64. The summed E-state index contributed by atoms with van der Waals surface area (Å²) in [7, 11) is 3.67. The summed E-state index contributed by atoms with van der Waals surface area (Å²) in [4.78, 5) is 25.8. The molecule has 1 amide bonds. The third-order valence-electron chi connectivity index (χ3n) is 2.50. The van der Waals surface area contributed by atoms with Crippen LogP contribution >= 0.6 is 0 Å². The Morgan fingerprint density at radius 2 is 2.25 bits per heavy atom. The minimum atomic E-state index is -0.425. The highest BCUT2D eigenvalue weighted by Crippen LogP contribution is 2.15. The number of amides is 1. The maximum atomic E-state index is 11.9. The second-order valence-electron chi connectivity index (χ2n) is 4.22. The van der Waals surface area contributed by atoms with Gasteiger partial charge in [-0.1, -0.05) is 0 Å². The molecular formula is C13H13N6O+. The molecule has 100 valence electrons. The van der Waals surface area contributed by atoms with Gasteiger partial charge in [-0.2, -0.15) is 0 Å². The molecule has 7 heteroatoms. The smallest absolute Gasteiger partial charge is 0.374 e. The zero-order chi connectivity index (χ0) is 14.7. The number of anilines is 2. The molecule has 0 atom stereocenters. The van der Waals surface area contributed by atoms with Crippen molar-refractivity contribution in [3.63, 3.8) is 0 Å². The summed E-state index contributed by atoms with van der Waals surface area (Å²) in [5.74, 6) is 2.70. The van der Waals surface area contributed by atoms with Gasteiger partial charge in [0.05, 0.1) is 18.8 Å². The van der Waals surface area contributed by atoms with E-state index in [2.05, 4.69) is 30.9 Å². The topological polar surface area (TPSA) is 84.6 Å². The standard InChI is InChI=1S/C13H12N6O/c1-5-9-11(19(3)4)7-15-13(17-9)18-12(20)10-6-14-8(2)16-10/h1,6-7H,2-4H3/p+1. The molecule has 0 saturated carbocycles. The molecule has 1 aliphatic rings. The number of hydrogen-bond acceptors (Lipinski definition) is 5. The van der Waals surface area contributed by atoms with Crippen molar-refractivity contribution in [3.05, 3.63) is 11.9 Å². The molecule has 20 heavy (non-hydrogen) atoms. The molecule has 1 aromatic rings. The molecule has 0 unspecified atom stereocenters. The van der Waals surface area contributed by atoms with Gasteiger partial charge in [-0.05, 0) is 10.9 Å². The van der Waals surface area contributed by atoms with E-state index in [1.54, 1.807) is 18.0 Å². The zero-order valence-electron chi connectivity index (χ0n) is 11.4. The van der Waals surface area contributed by atoms with Gasteiger partial charge in [-0.25, -0.2) is 14.6 Å². The van der Waals surface area contributed by atoms with Crippen molar-refractivity contribution < 1.29 is 4.79 Å². The fraction of sp³-hybridized carbons (Fsp3) is 0.231. The van der Waals surface area contributed by atoms with Gasteiger partial charge >= 0.3 is 11.7 Å². The maximum absolute atomic E-state index is 11.9. The van der Waals surface area contributed by atoms with Gasteiger partial charge in [0.25, 0.3) is 5.71 Å². The first kappa shape index (κ1) is 13.5. The minimum Gasteiger partial charge on any atom is -0.374 e. The highest BCUT2D eigenvalue weighted by Gasteiger charge is 2.24. The molecule has 0 aromatic carbocycles. The Kier molecular flexibility index (Phi) is 3.60. The van der Waals surface area contributed by atoms with Gasteiger partial charge in [-0.15, -0.1) is 6.42 Å². The SMILES string of the molecule is C#Cc1nc(NC(=O)C2=NC(C)=[N+]=C2)ncc1N(C)C. The predicted octanol–water partition coefficient (Wildman–Crippen LogP) is -0.527. The van der Waals surface area contributed by atoms with Crippen molar-refractivity contribution >= 4 is 35.3 Å². The van der Waals surface area contributed by atoms with E-state index in [4.69, 9.17) is 6.42 Å². The second kappa shape index (κ2) is 5.34.